The Morgan fingerprint density at radius 2 is 1.88 bits per heavy atom. The number of morpholine rings is 1. The summed E-state index contributed by atoms with van der Waals surface area (Å²) in [4.78, 5) is 19.1. The summed E-state index contributed by atoms with van der Waals surface area (Å²) in [7, 11) is 0. The molecule has 0 N–H and O–H groups in total. The molecule has 178 valence electrons. The fraction of sp³-hybridized carbons (Fsp3) is 0.385. The van der Waals surface area contributed by atoms with E-state index in [4.69, 9.17) is 18.6 Å². The predicted molar refractivity (Wildman–Crippen MR) is 130 cm³/mol. The second-order valence-corrected chi connectivity index (χ2v) is 8.48. The van der Waals surface area contributed by atoms with E-state index in [1.54, 1.807) is 10.8 Å². The third-order valence-electron chi connectivity index (χ3n) is 6.06. The van der Waals surface area contributed by atoms with Crippen molar-refractivity contribution in [2.75, 3.05) is 46.1 Å². The van der Waals surface area contributed by atoms with Crippen molar-refractivity contribution >= 4 is 22.0 Å². The van der Waals surface area contributed by atoms with Gasteiger partial charge in [0.15, 0.2) is 5.58 Å². The highest BCUT2D eigenvalue weighted by Crippen LogP contribution is 2.27. The molecule has 0 spiro atoms. The molecule has 0 amide bonds. The van der Waals surface area contributed by atoms with E-state index in [-0.39, 0.29) is 5.76 Å². The second kappa shape index (κ2) is 10.3. The van der Waals surface area contributed by atoms with E-state index in [9.17, 15) is 4.79 Å². The van der Waals surface area contributed by atoms with Gasteiger partial charge in [-0.3, -0.25) is 14.5 Å². The van der Waals surface area contributed by atoms with E-state index in [1.807, 2.05) is 49.4 Å². The van der Waals surface area contributed by atoms with Crippen LogP contribution in [0.1, 0.15) is 12.0 Å². The zero-order chi connectivity index (χ0) is 23.3. The molecule has 0 atom stereocenters. The summed E-state index contributed by atoms with van der Waals surface area (Å²) >= 11 is 0. The molecule has 8 heteroatoms. The number of benzene rings is 2. The molecule has 1 aliphatic heterocycles. The standard InChI is InChI=1S/C26H29N3O5/c1-19-3-6-23-25(17-19)34-26(30)29(23)12-16-33-24-7-8-27-22-18-20(4-5-21(22)24)32-13-2-9-28-10-14-31-15-11-28/h3-8,17-18H,2,9-16H2,1H3. The van der Waals surface area contributed by atoms with Gasteiger partial charge in [-0.05, 0) is 49.2 Å². The quantitative estimate of drug-likeness (QED) is 0.351. The molecular formula is C26H29N3O5. The largest absolute Gasteiger partial charge is 0.493 e. The smallest absolute Gasteiger partial charge is 0.420 e. The predicted octanol–water partition coefficient (Wildman–Crippen LogP) is 3.63. The lowest BCUT2D eigenvalue weighted by molar-refractivity contribution is 0.0358. The van der Waals surface area contributed by atoms with Crippen LogP contribution in [-0.4, -0.2) is 60.5 Å². The van der Waals surface area contributed by atoms with Crippen LogP contribution in [-0.2, 0) is 11.3 Å². The number of aromatic nitrogens is 2. The first-order chi connectivity index (χ1) is 16.7. The van der Waals surface area contributed by atoms with E-state index in [0.29, 0.717) is 25.3 Å². The Labute approximate surface area is 197 Å². The lowest BCUT2D eigenvalue weighted by Crippen LogP contribution is -2.37. The number of hydrogen-bond donors (Lipinski definition) is 0. The molecule has 1 fully saturated rings. The van der Waals surface area contributed by atoms with Crippen LogP contribution in [0.15, 0.2) is 57.9 Å². The zero-order valence-electron chi connectivity index (χ0n) is 19.4. The van der Waals surface area contributed by atoms with Gasteiger partial charge in [-0.25, -0.2) is 4.79 Å². The minimum absolute atomic E-state index is 0.335. The fourth-order valence-corrected chi connectivity index (χ4v) is 4.25. The summed E-state index contributed by atoms with van der Waals surface area (Å²) in [5, 5.41) is 0.906. The Hall–Kier alpha value is -3.36. The van der Waals surface area contributed by atoms with Crippen LogP contribution >= 0.6 is 0 Å². The van der Waals surface area contributed by atoms with E-state index >= 15 is 0 Å². The summed E-state index contributed by atoms with van der Waals surface area (Å²) in [6.07, 6.45) is 2.69. The highest BCUT2D eigenvalue weighted by molar-refractivity contribution is 5.86. The van der Waals surface area contributed by atoms with Crippen molar-refractivity contribution in [3.63, 3.8) is 0 Å². The first-order valence-corrected chi connectivity index (χ1v) is 11.7. The summed E-state index contributed by atoms with van der Waals surface area (Å²) in [6, 6.07) is 13.4. The maximum atomic E-state index is 12.2. The Bertz CT molecular complexity index is 1320. The molecule has 8 nitrogen and oxygen atoms in total. The molecule has 2 aromatic carbocycles. The topological polar surface area (TPSA) is 79.0 Å². The molecule has 0 saturated carbocycles. The van der Waals surface area contributed by atoms with Gasteiger partial charge in [0.1, 0.15) is 18.1 Å². The maximum absolute atomic E-state index is 12.2. The minimum atomic E-state index is -0.376. The summed E-state index contributed by atoms with van der Waals surface area (Å²) < 4.78 is 24.3. The molecule has 1 saturated heterocycles. The van der Waals surface area contributed by atoms with Gasteiger partial charge in [0, 0.05) is 37.3 Å². The molecule has 0 radical (unpaired) electrons. The number of pyridine rings is 1. The van der Waals surface area contributed by atoms with Crippen molar-refractivity contribution in [3.05, 3.63) is 64.8 Å². The van der Waals surface area contributed by atoms with E-state index in [2.05, 4.69) is 9.88 Å². The van der Waals surface area contributed by atoms with Gasteiger partial charge in [-0.15, -0.1) is 0 Å². The molecule has 34 heavy (non-hydrogen) atoms. The molecule has 1 aliphatic rings. The first kappa shape index (κ1) is 22.4. The van der Waals surface area contributed by atoms with E-state index in [0.717, 1.165) is 72.8 Å². The van der Waals surface area contributed by atoms with E-state index < -0.39 is 0 Å². The van der Waals surface area contributed by atoms with Gasteiger partial charge in [-0.2, -0.15) is 0 Å². The number of oxazole rings is 1. The monoisotopic (exact) mass is 463 g/mol. The van der Waals surface area contributed by atoms with Crippen molar-refractivity contribution in [1.82, 2.24) is 14.5 Å². The summed E-state index contributed by atoms with van der Waals surface area (Å²) in [6.45, 7) is 7.99. The highest BCUT2D eigenvalue weighted by Gasteiger charge is 2.11. The van der Waals surface area contributed by atoms with Crippen LogP contribution in [0.2, 0.25) is 0 Å². The highest BCUT2D eigenvalue weighted by atomic mass is 16.5. The third-order valence-corrected chi connectivity index (χ3v) is 6.06. The van der Waals surface area contributed by atoms with Crippen LogP contribution in [0.5, 0.6) is 11.5 Å². The second-order valence-electron chi connectivity index (χ2n) is 8.48. The lowest BCUT2D eigenvalue weighted by Gasteiger charge is -2.26. The van der Waals surface area contributed by atoms with Gasteiger partial charge < -0.3 is 18.6 Å². The SMILES string of the molecule is Cc1ccc2c(c1)oc(=O)n2CCOc1ccnc2cc(OCCCN3CCOCC3)ccc12. The molecule has 0 aliphatic carbocycles. The number of fused-ring (bicyclic) bond motifs is 2. The average molecular weight is 464 g/mol. The molecule has 0 bridgehead atoms. The normalized spacial score (nSPS) is 14.6. The Balaban J connectivity index is 1.19. The van der Waals surface area contributed by atoms with Crippen molar-refractivity contribution in [1.29, 1.82) is 0 Å². The summed E-state index contributed by atoms with van der Waals surface area (Å²) in [5.74, 6) is 1.14. The molecule has 4 aromatic rings. The average Bonchev–Trinajstić information content (AvgIpc) is 3.16. The Morgan fingerprint density at radius 1 is 1.00 bits per heavy atom. The number of ether oxygens (including phenoxy) is 3. The summed E-state index contributed by atoms with van der Waals surface area (Å²) in [5.41, 5.74) is 3.23. The zero-order valence-corrected chi connectivity index (χ0v) is 19.4. The van der Waals surface area contributed by atoms with Crippen LogP contribution in [0.4, 0.5) is 0 Å². The van der Waals surface area contributed by atoms with Gasteiger partial charge in [0.2, 0.25) is 0 Å². The molecular weight excluding hydrogens is 434 g/mol. The maximum Gasteiger partial charge on any atom is 0.420 e. The number of rotatable bonds is 9. The number of aryl methyl sites for hydroxylation is 1. The number of nitrogens with zero attached hydrogens (tertiary/aromatic N) is 3. The minimum Gasteiger partial charge on any atom is -0.493 e. The van der Waals surface area contributed by atoms with Crippen LogP contribution < -0.4 is 15.2 Å². The molecule has 0 unspecified atom stereocenters. The molecule has 2 aromatic heterocycles. The lowest BCUT2D eigenvalue weighted by atomic mass is 10.2. The Kier molecular flexibility index (Phi) is 6.78. The van der Waals surface area contributed by atoms with Gasteiger partial charge >= 0.3 is 5.76 Å². The fourth-order valence-electron chi connectivity index (χ4n) is 4.25. The Morgan fingerprint density at radius 3 is 2.76 bits per heavy atom. The van der Waals surface area contributed by atoms with Crippen molar-refractivity contribution in [3.8, 4) is 11.5 Å². The van der Waals surface area contributed by atoms with Crippen LogP contribution in [0.3, 0.4) is 0 Å². The van der Waals surface area contributed by atoms with Crippen molar-refractivity contribution < 1.29 is 18.6 Å². The van der Waals surface area contributed by atoms with E-state index in [1.165, 1.54) is 0 Å². The van der Waals surface area contributed by atoms with Crippen molar-refractivity contribution in [2.24, 2.45) is 0 Å². The molecule has 5 rings (SSSR count). The van der Waals surface area contributed by atoms with Gasteiger partial charge in [0.05, 0.1) is 37.4 Å². The van der Waals surface area contributed by atoms with Crippen molar-refractivity contribution in [2.45, 2.75) is 19.9 Å². The third kappa shape index (κ3) is 5.08. The van der Waals surface area contributed by atoms with Crippen LogP contribution in [0.25, 0.3) is 22.0 Å². The first-order valence-electron chi connectivity index (χ1n) is 11.7. The van der Waals surface area contributed by atoms with Gasteiger partial charge in [0.25, 0.3) is 0 Å². The number of hydrogen-bond acceptors (Lipinski definition) is 7. The van der Waals surface area contributed by atoms with Crippen LogP contribution in [0, 0.1) is 6.92 Å². The van der Waals surface area contributed by atoms with Gasteiger partial charge in [-0.1, -0.05) is 6.07 Å². The molecule has 3 heterocycles.